The molecule has 0 aromatic heterocycles. The van der Waals surface area contributed by atoms with Gasteiger partial charge in [-0.15, -0.1) is 0 Å². The van der Waals surface area contributed by atoms with E-state index in [0.717, 1.165) is 32.2 Å². The summed E-state index contributed by atoms with van der Waals surface area (Å²) in [6.45, 7) is 11.1. The summed E-state index contributed by atoms with van der Waals surface area (Å²) in [5.74, 6) is 1.04. The first-order valence-electron chi connectivity index (χ1n) is 11.5. The van der Waals surface area contributed by atoms with Gasteiger partial charge in [0.1, 0.15) is 0 Å². The predicted octanol–water partition coefficient (Wildman–Crippen LogP) is 5.63. The Morgan fingerprint density at radius 3 is 1.50 bits per heavy atom. The van der Waals surface area contributed by atoms with Crippen molar-refractivity contribution in [2.75, 3.05) is 53.5 Å². The summed E-state index contributed by atoms with van der Waals surface area (Å²) < 4.78 is 5.10. The zero-order valence-corrected chi connectivity index (χ0v) is 19.2. The van der Waals surface area contributed by atoms with Crippen molar-refractivity contribution in [2.45, 2.75) is 65.2 Å². The first-order chi connectivity index (χ1) is 13.6. The smallest absolute Gasteiger partial charge is 0.0594 e. The average molecular weight is 391 g/mol. The highest BCUT2D eigenvalue weighted by molar-refractivity contribution is 5.11. The van der Waals surface area contributed by atoms with Crippen molar-refractivity contribution in [1.82, 2.24) is 9.80 Å². The van der Waals surface area contributed by atoms with Crippen LogP contribution in [-0.2, 0) is 4.74 Å². The Morgan fingerprint density at radius 1 is 0.714 bits per heavy atom. The zero-order chi connectivity index (χ0) is 20.5. The van der Waals surface area contributed by atoms with Crippen molar-refractivity contribution >= 4 is 0 Å². The number of hydrogen-bond acceptors (Lipinski definition) is 3. The molecule has 2 heterocycles. The molecular formula is C25H46N2O. The molecule has 3 fully saturated rings. The minimum absolute atomic E-state index is 0.913. The van der Waals surface area contributed by atoms with E-state index in [1.54, 1.807) is 0 Å². The molecule has 1 aromatic carbocycles. The molecule has 1 aliphatic carbocycles. The summed E-state index contributed by atoms with van der Waals surface area (Å²) in [6, 6.07) is 10.3. The van der Waals surface area contributed by atoms with Crippen LogP contribution in [0, 0.1) is 12.8 Å². The van der Waals surface area contributed by atoms with Gasteiger partial charge in [-0.3, -0.25) is 0 Å². The third-order valence-corrected chi connectivity index (χ3v) is 5.65. The Kier molecular flexibility index (Phi) is 15.3. The van der Waals surface area contributed by atoms with Gasteiger partial charge in [0.2, 0.25) is 0 Å². The highest BCUT2D eigenvalue weighted by Gasteiger charge is 2.06. The van der Waals surface area contributed by atoms with Crippen molar-refractivity contribution in [3.05, 3.63) is 35.9 Å². The maximum absolute atomic E-state index is 5.10. The van der Waals surface area contributed by atoms with E-state index in [1.807, 2.05) is 18.2 Å². The molecule has 0 N–H and O–H groups in total. The fourth-order valence-electron chi connectivity index (χ4n) is 3.55. The lowest BCUT2D eigenvalue weighted by atomic mass is 9.91. The van der Waals surface area contributed by atoms with E-state index in [1.165, 1.54) is 70.0 Å². The molecule has 0 atom stereocenters. The standard InChI is InChI=1S/C7H14.C7H8.C6H13N.C5H11NO/c3*1-7-5-3-2-4-6-7;1-6-2-4-7-5-3-6/h7H,2-6H2,1H3;2-6H,1H3;2-6H2,1H3;2-5H2,1H3. The number of nitrogens with zero attached hydrogens (tertiary/aromatic N) is 2. The SMILES string of the molecule is CC1CCCCC1.CN1CCCCC1.CN1CCOCC1.Cc1ccccc1. The molecule has 1 aromatic rings. The van der Waals surface area contributed by atoms with Gasteiger partial charge in [0.05, 0.1) is 13.2 Å². The van der Waals surface area contributed by atoms with Crippen molar-refractivity contribution in [1.29, 1.82) is 0 Å². The van der Waals surface area contributed by atoms with Crippen LogP contribution in [0.5, 0.6) is 0 Å². The molecular weight excluding hydrogens is 344 g/mol. The highest BCUT2D eigenvalue weighted by atomic mass is 16.5. The number of likely N-dealkylation sites (tertiary alicyclic amines) is 1. The monoisotopic (exact) mass is 390 g/mol. The third kappa shape index (κ3) is 15.1. The lowest BCUT2D eigenvalue weighted by Gasteiger charge is -2.21. The van der Waals surface area contributed by atoms with Gasteiger partial charge in [0, 0.05) is 13.1 Å². The van der Waals surface area contributed by atoms with Gasteiger partial charge in [-0.1, -0.05) is 81.3 Å². The summed E-state index contributed by atoms with van der Waals surface area (Å²) in [5.41, 5.74) is 1.32. The van der Waals surface area contributed by atoms with E-state index in [4.69, 9.17) is 4.74 Å². The molecule has 2 saturated heterocycles. The molecule has 0 radical (unpaired) electrons. The molecule has 3 nitrogen and oxygen atoms in total. The lowest BCUT2D eigenvalue weighted by molar-refractivity contribution is 0.0503. The fraction of sp³-hybridized carbons (Fsp3) is 0.760. The average Bonchev–Trinajstić information content (AvgIpc) is 2.72. The largest absolute Gasteiger partial charge is 0.379 e. The van der Waals surface area contributed by atoms with Crippen LogP contribution in [0.2, 0.25) is 0 Å². The van der Waals surface area contributed by atoms with Crippen LogP contribution in [-0.4, -0.2) is 63.3 Å². The minimum atomic E-state index is 0.913. The first-order valence-corrected chi connectivity index (χ1v) is 11.5. The minimum Gasteiger partial charge on any atom is -0.379 e. The highest BCUT2D eigenvalue weighted by Crippen LogP contribution is 2.22. The number of ether oxygens (including phenoxy) is 1. The zero-order valence-electron chi connectivity index (χ0n) is 19.2. The van der Waals surface area contributed by atoms with Gasteiger partial charge < -0.3 is 14.5 Å². The van der Waals surface area contributed by atoms with Crippen molar-refractivity contribution in [3.8, 4) is 0 Å². The number of rotatable bonds is 0. The predicted molar refractivity (Wildman–Crippen MR) is 123 cm³/mol. The van der Waals surface area contributed by atoms with Gasteiger partial charge in [-0.2, -0.15) is 0 Å². The Hall–Kier alpha value is -0.900. The molecule has 2 aliphatic heterocycles. The maximum Gasteiger partial charge on any atom is 0.0594 e. The molecule has 4 rings (SSSR count). The molecule has 0 unspecified atom stereocenters. The van der Waals surface area contributed by atoms with Crippen molar-refractivity contribution in [3.63, 3.8) is 0 Å². The van der Waals surface area contributed by atoms with Crippen LogP contribution in [0.1, 0.15) is 63.9 Å². The van der Waals surface area contributed by atoms with Gasteiger partial charge in [-0.25, -0.2) is 0 Å². The number of piperidine rings is 1. The molecule has 0 spiro atoms. The van der Waals surface area contributed by atoms with Crippen molar-refractivity contribution in [2.24, 2.45) is 5.92 Å². The third-order valence-electron chi connectivity index (χ3n) is 5.65. The Labute approximate surface area is 175 Å². The van der Waals surface area contributed by atoms with E-state index in [2.05, 4.69) is 49.9 Å². The molecule has 0 bridgehead atoms. The van der Waals surface area contributed by atoms with Crippen LogP contribution in [0.4, 0.5) is 0 Å². The number of benzene rings is 1. The van der Waals surface area contributed by atoms with Crippen molar-refractivity contribution < 1.29 is 4.74 Å². The molecule has 28 heavy (non-hydrogen) atoms. The second kappa shape index (κ2) is 17.0. The van der Waals surface area contributed by atoms with E-state index in [0.29, 0.717) is 0 Å². The Morgan fingerprint density at radius 2 is 1.21 bits per heavy atom. The first kappa shape index (κ1) is 25.1. The van der Waals surface area contributed by atoms with E-state index in [9.17, 15) is 0 Å². The van der Waals surface area contributed by atoms with Crippen LogP contribution in [0.15, 0.2) is 30.3 Å². The summed E-state index contributed by atoms with van der Waals surface area (Å²) in [6.07, 6.45) is 11.7. The Balaban J connectivity index is 0.000000187. The number of likely N-dealkylation sites (N-methyl/N-ethyl adjacent to an activating group) is 1. The summed E-state index contributed by atoms with van der Waals surface area (Å²) >= 11 is 0. The quantitative estimate of drug-likeness (QED) is 0.571. The second-order valence-electron chi connectivity index (χ2n) is 8.68. The van der Waals surface area contributed by atoms with Gasteiger partial charge in [0.15, 0.2) is 0 Å². The fourth-order valence-corrected chi connectivity index (χ4v) is 3.55. The van der Waals surface area contributed by atoms with Crippen LogP contribution in [0.3, 0.4) is 0 Å². The number of morpholine rings is 1. The second-order valence-corrected chi connectivity index (χ2v) is 8.68. The van der Waals surface area contributed by atoms with E-state index >= 15 is 0 Å². The molecule has 0 amide bonds. The normalized spacial score (nSPS) is 21.1. The molecule has 3 heteroatoms. The summed E-state index contributed by atoms with van der Waals surface area (Å²) in [5, 5.41) is 0. The number of hydrogen-bond donors (Lipinski definition) is 0. The summed E-state index contributed by atoms with van der Waals surface area (Å²) in [4.78, 5) is 4.66. The van der Waals surface area contributed by atoms with Gasteiger partial charge in [-0.05, 0) is 52.9 Å². The maximum atomic E-state index is 5.10. The summed E-state index contributed by atoms with van der Waals surface area (Å²) in [7, 11) is 4.31. The van der Waals surface area contributed by atoms with Crippen LogP contribution >= 0.6 is 0 Å². The molecule has 162 valence electrons. The van der Waals surface area contributed by atoms with Crippen LogP contribution in [0.25, 0.3) is 0 Å². The van der Waals surface area contributed by atoms with Crippen LogP contribution < -0.4 is 0 Å². The Bertz CT molecular complexity index is 395. The van der Waals surface area contributed by atoms with Gasteiger partial charge >= 0.3 is 0 Å². The number of aryl methyl sites for hydroxylation is 1. The van der Waals surface area contributed by atoms with E-state index < -0.39 is 0 Å². The van der Waals surface area contributed by atoms with E-state index in [-0.39, 0.29) is 0 Å². The van der Waals surface area contributed by atoms with Gasteiger partial charge in [0.25, 0.3) is 0 Å². The lowest BCUT2D eigenvalue weighted by Crippen LogP contribution is -2.32. The molecule has 3 aliphatic rings. The molecule has 1 saturated carbocycles. The topological polar surface area (TPSA) is 15.7 Å².